The van der Waals surface area contributed by atoms with E-state index in [2.05, 4.69) is 66.7 Å². The number of halogens is 1. The summed E-state index contributed by atoms with van der Waals surface area (Å²) >= 11 is 0. The Hall–Kier alpha value is -2.43. The normalized spacial score (nSPS) is 11.1. The van der Waals surface area contributed by atoms with Gasteiger partial charge in [-0.3, -0.25) is 4.99 Å². The maximum Gasteiger partial charge on any atom is 0.191 e. The summed E-state index contributed by atoms with van der Waals surface area (Å²) in [7, 11) is 1.78. The first-order valence-corrected chi connectivity index (χ1v) is 9.20. The van der Waals surface area contributed by atoms with Gasteiger partial charge in [0.15, 0.2) is 5.96 Å². The predicted molar refractivity (Wildman–Crippen MR) is 121 cm³/mol. The van der Waals surface area contributed by atoms with Gasteiger partial charge in [0.05, 0.1) is 5.69 Å². The molecule has 0 atom stereocenters. The molecule has 150 valence electrons. The Morgan fingerprint density at radius 2 is 1.93 bits per heavy atom. The van der Waals surface area contributed by atoms with Gasteiger partial charge in [-0.1, -0.05) is 19.1 Å². The highest BCUT2D eigenvalue weighted by Gasteiger charge is 2.03. The topological polar surface area (TPSA) is 85.0 Å². The molecule has 2 heterocycles. The van der Waals surface area contributed by atoms with Crippen LogP contribution in [0.15, 0.2) is 54.0 Å². The molecule has 28 heavy (non-hydrogen) atoms. The zero-order valence-electron chi connectivity index (χ0n) is 16.2. The zero-order valence-corrected chi connectivity index (χ0v) is 18.6. The average molecular weight is 494 g/mol. The van der Waals surface area contributed by atoms with Crippen molar-refractivity contribution in [1.82, 2.24) is 35.2 Å². The summed E-state index contributed by atoms with van der Waals surface area (Å²) in [6.45, 7) is 4.47. The molecule has 3 rings (SSSR count). The molecule has 1 aromatic carbocycles. The van der Waals surface area contributed by atoms with Crippen LogP contribution in [0, 0.1) is 0 Å². The Morgan fingerprint density at radius 3 is 2.61 bits per heavy atom. The number of benzene rings is 1. The number of aromatic nitrogens is 5. The van der Waals surface area contributed by atoms with E-state index in [0.29, 0.717) is 0 Å². The molecular formula is C19H27IN8. The molecule has 0 amide bonds. The lowest BCUT2D eigenvalue weighted by Crippen LogP contribution is -2.39. The van der Waals surface area contributed by atoms with E-state index in [0.717, 1.165) is 49.9 Å². The summed E-state index contributed by atoms with van der Waals surface area (Å²) in [6.07, 6.45) is 7.29. The molecule has 0 saturated heterocycles. The fourth-order valence-corrected chi connectivity index (χ4v) is 2.82. The largest absolute Gasteiger partial charge is 0.356 e. The molecule has 0 aliphatic heterocycles. The third kappa shape index (κ3) is 6.04. The van der Waals surface area contributed by atoms with Crippen molar-refractivity contribution in [2.45, 2.75) is 26.3 Å². The van der Waals surface area contributed by atoms with Crippen LogP contribution in [0.25, 0.3) is 5.69 Å². The van der Waals surface area contributed by atoms with Gasteiger partial charge in [-0.2, -0.15) is 5.10 Å². The molecule has 2 N–H and O–H groups in total. The van der Waals surface area contributed by atoms with Crippen LogP contribution in [0.4, 0.5) is 0 Å². The Balaban J connectivity index is 0.00000280. The number of aliphatic imine (C=N–C) groups is 1. The standard InChI is InChI=1S/C19H26N8.HI/c1-3-18-25-23-15-26(18)14-12-22-19(20-2)21-11-9-16-5-7-17(8-6-16)27-13-4-10-24-27;/h4-8,10,13,15H,3,9,11-12,14H2,1-2H3,(H2,20,21,22);1H. The molecular weight excluding hydrogens is 467 g/mol. The van der Waals surface area contributed by atoms with Gasteiger partial charge in [0.1, 0.15) is 12.2 Å². The molecule has 0 bridgehead atoms. The Morgan fingerprint density at radius 1 is 1.14 bits per heavy atom. The van der Waals surface area contributed by atoms with Crippen molar-refractivity contribution in [1.29, 1.82) is 0 Å². The van der Waals surface area contributed by atoms with Gasteiger partial charge in [0, 0.05) is 45.5 Å². The van der Waals surface area contributed by atoms with Gasteiger partial charge in [-0.15, -0.1) is 34.2 Å². The molecule has 9 heteroatoms. The molecule has 0 aliphatic rings. The minimum absolute atomic E-state index is 0. The van der Waals surface area contributed by atoms with Crippen molar-refractivity contribution in [3.05, 3.63) is 60.4 Å². The lowest BCUT2D eigenvalue weighted by Gasteiger charge is -2.13. The van der Waals surface area contributed by atoms with Gasteiger partial charge < -0.3 is 15.2 Å². The summed E-state index contributed by atoms with van der Waals surface area (Å²) in [4.78, 5) is 4.27. The zero-order chi connectivity index (χ0) is 18.9. The van der Waals surface area contributed by atoms with E-state index in [9.17, 15) is 0 Å². The number of nitrogens with one attached hydrogen (secondary N) is 2. The van der Waals surface area contributed by atoms with Gasteiger partial charge in [0.25, 0.3) is 0 Å². The average Bonchev–Trinajstić information content (AvgIpc) is 3.39. The Kier molecular flexibility index (Phi) is 8.92. The lowest BCUT2D eigenvalue weighted by molar-refractivity contribution is 0.632. The van der Waals surface area contributed by atoms with E-state index in [1.54, 1.807) is 19.6 Å². The molecule has 0 spiro atoms. The summed E-state index contributed by atoms with van der Waals surface area (Å²) in [5.41, 5.74) is 2.33. The Labute approximate surface area is 182 Å². The van der Waals surface area contributed by atoms with Gasteiger partial charge in [-0.05, 0) is 30.2 Å². The smallest absolute Gasteiger partial charge is 0.191 e. The fourth-order valence-electron chi connectivity index (χ4n) is 2.82. The first kappa shape index (κ1) is 21.9. The van der Waals surface area contributed by atoms with Crippen LogP contribution < -0.4 is 10.6 Å². The van der Waals surface area contributed by atoms with Crippen LogP contribution in [0.3, 0.4) is 0 Å². The molecule has 0 fully saturated rings. The van der Waals surface area contributed by atoms with Crippen LogP contribution in [-0.4, -0.2) is 50.6 Å². The summed E-state index contributed by atoms with van der Waals surface area (Å²) in [5.74, 6) is 1.80. The minimum Gasteiger partial charge on any atom is -0.356 e. The highest BCUT2D eigenvalue weighted by Crippen LogP contribution is 2.08. The molecule has 0 unspecified atom stereocenters. The second-order valence-electron chi connectivity index (χ2n) is 6.09. The number of aryl methyl sites for hydroxylation is 1. The highest BCUT2D eigenvalue weighted by molar-refractivity contribution is 14.0. The third-order valence-corrected chi connectivity index (χ3v) is 4.29. The number of rotatable bonds is 8. The van der Waals surface area contributed by atoms with E-state index in [1.165, 1.54) is 5.56 Å². The van der Waals surface area contributed by atoms with E-state index >= 15 is 0 Å². The molecule has 2 aromatic heterocycles. The fraction of sp³-hybridized carbons (Fsp3) is 0.368. The number of nitrogens with zero attached hydrogens (tertiary/aromatic N) is 6. The van der Waals surface area contributed by atoms with Crippen molar-refractivity contribution >= 4 is 29.9 Å². The second-order valence-corrected chi connectivity index (χ2v) is 6.09. The Bertz CT molecular complexity index is 839. The van der Waals surface area contributed by atoms with Gasteiger partial charge in [0.2, 0.25) is 0 Å². The summed E-state index contributed by atoms with van der Waals surface area (Å²) in [5, 5.41) is 19.0. The lowest BCUT2D eigenvalue weighted by atomic mass is 10.1. The van der Waals surface area contributed by atoms with Crippen LogP contribution in [0.5, 0.6) is 0 Å². The van der Waals surface area contributed by atoms with Crippen molar-refractivity contribution in [3.63, 3.8) is 0 Å². The SMILES string of the molecule is CCc1nncn1CCNC(=NC)NCCc1ccc(-n2cccn2)cc1.I. The third-order valence-electron chi connectivity index (χ3n) is 4.29. The van der Waals surface area contributed by atoms with Crippen molar-refractivity contribution in [2.24, 2.45) is 4.99 Å². The van der Waals surface area contributed by atoms with Gasteiger partial charge >= 0.3 is 0 Å². The van der Waals surface area contributed by atoms with Crippen LogP contribution >= 0.6 is 24.0 Å². The quantitative estimate of drug-likeness (QED) is 0.285. The van der Waals surface area contributed by atoms with Crippen molar-refractivity contribution < 1.29 is 0 Å². The van der Waals surface area contributed by atoms with Crippen molar-refractivity contribution in [2.75, 3.05) is 20.1 Å². The van der Waals surface area contributed by atoms with Crippen LogP contribution in [0.1, 0.15) is 18.3 Å². The summed E-state index contributed by atoms with van der Waals surface area (Å²) < 4.78 is 3.91. The summed E-state index contributed by atoms with van der Waals surface area (Å²) in [6, 6.07) is 10.4. The maximum atomic E-state index is 4.27. The highest BCUT2D eigenvalue weighted by atomic mass is 127. The first-order valence-electron chi connectivity index (χ1n) is 9.20. The molecule has 8 nitrogen and oxygen atoms in total. The molecule has 3 aromatic rings. The predicted octanol–water partition coefficient (Wildman–Crippen LogP) is 2.05. The molecule has 0 aliphatic carbocycles. The molecule has 0 radical (unpaired) electrons. The van der Waals surface area contributed by atoms with E-state index in [-0.39, 0.29) is 24.0 Å². The monoisotopic (exact) mass is 494 g/mol. The second kappa shape index (κ2) is 11.4. The number of guanidine groups is 1. The number of hydrogen-bond acceptors (Lipinski definition) is 4. The molecule has 0 saturated carbocycles. The minimum atomic E-state index is 0. The first-order chi connectivity index (χ1) is 13.3. The maximum absolute atomic E-state index is 4.27. The van der Waals surface area contributed by atoms with Gasteiger partial charge in [-0.25, -0.2) is 4.68 Å². The van der Waals surface area contributed by atoms with E-state index in [4.69, 9.17) is 0 Å². The number of hydrogen-bond donors (Lipinski definition) is 2. The van der Waals surface area contributed by atoms with Crippen molar-refractivity contribution in [3.8, 4) is 5.69 Å². The van der Waals surface area contributed by atoms with E-state index < -0.39 is 0 Å². The van der Waals surface area contributed by atoms with Crippen LogP contribution in [-0.2, 0) is 19.4 Å². The van der Waals surface area contributed by atoms with Crippen LogP contribution in [0.2, 0.25) is 0 Å². The van der Waals surface area contributed by atoms with E-state index in [1.807, 2.05) is 16.9 Å².